The molecule has 2 aromatic rings. The number of rotatable bonds is 3. The summed E-state index contributed by atoms with van der Waals surface area (Å²) in [6.07, 6.45) is 2.25. The zero-order valence-corrected chi connectivity index (χ0v) is 13.9. The minimum atomic E-state index is -0.352. The average Bonchev–Trinajstić information content (AvgIpc) is 2.97. The summed E-state index contributed by atoms with van der Waals surface area (Å²) >= 11 is 1.66. The van der Waals surface area contributed by atoms with Crippen molar-refractivity contribution in [1.29, 1.82) is 0 Å². The van der Waals surface area contributed by atoms with Crippen LogP contribution in [0.15, 0.2) is 12.1 Å². The van der Waals surface area contributed by atoms with Gasteiger partial charge in [0.2, 0.25) is 0 Å². The van der Waals surface area contributed by atoms with E-state index in [-0.39, 0.29) is 5.97 Å². The van der Waals surface area contributed by atoms with Crippen molar-refractivity contribution in [3.63, 3.8) is 0 Å². The molecule has 0 unspecified atom stereocenters. The van der Waals surface area contributed by atoms with E-state index in [1.807, 2.05) is 6.07 Å². The smallest absolute Gasteiger partial charge is 0.338 e. The number of ether oxygens (including phenoxy) is 2. The maximum Gasteiger partial charge on any atom is 0.338 e. The van der Waals surface area contributed by atoms with Crippen LogP contribution in [-0.2, 0) is 4.74 Å². The number of carbonyl (C=O) groups is 1. The molecule has 0 radical (unpaired) electrons. The zero-order valence-electron chi connectivity index (χ0n) is 13.1. The van der Waals surface area contributed by atoms with Crippen LogP contribution in [0.5, 0.6) is 5.75 Å². The molecule has 0 aliphatic carbocycles. The van der Waals surface area contributed by atoms with Gasteiger partial charge in [-0.1, -0.05) is 0 Å². The number of aromatic nitrogens is 1. The Hall–Kier alpha value is -1.66. The van der Waals surface area contributed by atoms with Gasteiger partial charge in [0.05, 0.1) is 29.5 Å². The molecule has 6 heteroatoms. The highest BCUT2D eigenvalue weighted by molar-refractivity contribution is 7.18. The van der Waals surface area contributed by atoms with Gasteiger partial charge in [0.1, 0.15) is 11.3 Å². The van der Waals surface area contributed by atoms with E-state index in [1.165, 1.54) is 7.11 Å². The molecule has 5 nitrogen and oxygen atoms in total. The lowest BCUT2D eigenvalue weighted by Crippen LogP contribution is -2.29. The van der Waals surface area contributed by atoms with Crippen molar-refractivity contribution in [1.82, 2.24) is 9.88 Å². The second-order valence-corrected chi connectivity index (χ2v) is 6.71. The SMILES string of the molecule is COC(=O)c1cc(OC)c2nc(C3CCN(C)CC3)sc2c1. The van der Waals surface area contributed by atoms with Gasteiger partial charge in [-0.2, -0.15) is 0 Å². The van der Waals surface area contributed by atoms with Crippen LogP contribution >= 0.6 is 11.3 Å². The lowest BCUT2D eigenvalue weighted by atomic mass is 9.98. The van der Waals surface area contributed by atoms with Crippen LogP contribution < -0.4 is 4.74 Å². The molecular weight excluding hydrogens is 300 g/mol. The highest BCUT2D eigenvalue weighted by Crippen LogP contribution is 2.37. The van der Waals surface area contributed by atoms with Gasteiger partial charge in [0, 0.05) is 5.92 Å². The number of hydrogen-bond acceptors (Lipinski definition) is 6. The Morgan fingerprint density at radius 1 is 1.32 bits per heavy atom. The van der Waals surface area contributed by atoms with E-state index in [2.05, 4.69) is 11.9 Å². The molecule has 2 heterocycles. The Labute approximate surface area is 133 Å². The molecule has 22 heavy (non-hydrogen) atoms. The molecule has 0 spiro atoms. The molecule has 1 aliphatic heterocycles. The lowest BCUT2D eigenvalue weighted by Gasteiger charge is -2.27. The van der Waals surface area contributed by atoms with Gasteiger partial charge < -0.3 is 14.4 Å². The summed E-state index contributed by atoms with van der Waals surface area (Å²) in [7, 11) is 5.14. The normalized spacial score (nSPS) is 16.9. The Morgan fingerprint density at radius 3 is 2.68 bits per heavy atom. The van der Waals surface area contributed by atoms with Crippen molar-refractivity contribution in [2.24, 2.45) is 0 Å². The fourth-order valence-electron chi connectivity index (χ4n) is 2.84. The van der Waals surface area contributed by atoms with E-state index in [0.29, 0.717) is 17.2 Å². The summed E-state index contributed by atoms with van der Waals surface area (Å²) in [5, 5.41) is 1.14. The van der Waals surface area contributed by atoms with Crippen LogP contribution in [0, 0.1) is 0 Å². The number of thiazole rings is 1. The van der Waals surface area contributed by atoms with Crippen LogP contribution in [0.25, 0.3) is 10.2 Å². The molecule has 118 valence electrons. The van der Waals surface area contributed by atoms with Crippen molar-refractivity contribution in [3.8, 4) is 5.75 Å². The van der Waals surface area contributed by atoms with Crippen LogP contribution in [0.1, 0.15) is 34.1 Å². The fourth-order valence-corrected chi connectivity index (χ4v) is 4.03. The summed E-state index contributed by atoms with van der Waals surface area (Å²) in [5.74, 6) is 0.780. The zero-order chi connectivity index (χ0) is 15.7. The van der Waals surface area contributed by atoms with Gasteiger partial charge in [0.25, 0.3) is 0 Å². The third-order valence-corrected chi connectivity index (χ3v) is 5.35. The van der Waals surface area contributed by atoms with Crippen LogP contribution in [0.4, 0.5) is 0 Å². The van der Waals surface area contributed by atoms with E-state index in [9.17, 15) is 4.79 Å². The highest BCUT2D eigenvalue weighted by Gasteiger charge is 2.23. The van der Waals surface area contributed by atoms with Gasteiger partial charge in [-0.05, 0) is 45.1 Å². The number of methoxy groups -OCH3 is 2. The van der Waals surface area contributed by atoms with Crippen molar-refractivity contribution in [2.75, 3.05) is 34.4 Å². The highest BCUT2D eigenvalue weighted by atomic mass is 32.1. The third kappa shape index (κ3) is 2.80. The summed E-state index contributed by atoms with van der Waals surface area (Å²) in [5.41, 5.74) is 1.35. The average molecular weight is 320 g/mol. The molecular formula is C16H20N2O3S. The maximum atomic E-state index is 11.8. The Morgan fingerprint density at radius 2 is 2.05 bits per heavy atom. The fraction of sp³-hybridized carbons (Fsp3) is 0.500. The molecule has 3 rings (SSSR count). The molecule has 1 aliphatic rings. The topological polar surface area (TPSA) is 51.7 Å². The van der Waals surface area contributed by atoms with E-state index < -0.39 is 0 Å². The number of esters is 1. The van der Waals surface area contributed by atoms with E-state index in [0.717, 1.165) is 41.2 Å². The largest absolute Gasteiger partial charge is 0.494 e. The number of carbonyl (C=O) groups excluding carboxylic acids is 1. The van der Waals surface area contributed by atoms with Crippen molar-refractivity contribution in [2.45, 2.75) is 18.8 Å². The molecule has 1 aromatic carbocycles. The van der Waals surface area contributed by atoms with Crippen LogP contribution in [0.3, 0.4) is 0 Å². The Bertz CT molecular complexity index is 690. The monoisotopic (exact) mass is 320 g/mol. The number of fused-ring (bicyclic) bond motifs is 1. The van der Waals surface area contributed by atoms with E-state index >= 15 is 0 Å². The van der Waals surface area contributed by atoms with Gasteiger partial charge >= 0.3 is 5.97 Å². The first-order valence-electron chi connectivity index (χ1n) is 7.37. The Balaban J connectivity index is 1.99. The van der Waals surface area contributed by atoms with Crippen molar-refractivity contribution >= 4 is 27.5 Å². The molecule has 1 aromatic heterocycles. The molecule has 0 atom stereocenters. The predicted octanol–water partition coefficient (Wildman–Crippen LogP) is 2.90. The number of nitrogens with zero attached hydrogens (tertiary/aromatic N) is 2. The molecule has 0 amide bonds. The van der Waals surface area contributed by atoms with Crippen molar-refractivity contribution in [3.05, 3.63) is 22.7 Å². The first-order valence-corrected chi connectivity index (χ1v) is 8.19. The summed E-state index contributed by atoms with van der Waals surface area (Å²) in [4.78, 5) is 18.9. The van der Waals surface area contributed by atoms with Crippen molar-refractivity contribution < 1.29 is 14.3 Å². The predicted molar refractivity (Wildman–Crippen MR) is 87.0 cm³/mol. The van der Waals surface area contributed by atoms with E-state index in [4.69, 9.17) is 14.5 Å². The number of benzene rings is 1. The minimum absolute atomic E-state index is 0.352. The molecule has 0 saturated carbocycles. The standard InChI is InChI=1S/C16H20N2O3S/c1-18-6-4-10(5-7-18)15-17-14-12(20-2)8-11(16(19)21-3)9-13(14)22-15/h8-10H,4-7H2,1-3H3. The molecule has 0 N–H and O–H groups in total. The number of likely N-dealkylation sites (tertiary alicyclic amines) is 1. The minimum Gasteiger partial charge on any atom is -0.494 e. The van der Waals surface area contributed by atoms with Crippen LogP contribution in [-0.4, -0.2) is 50.2 Å². The second-order valence-electron chi connectivity index (χ2n) is 5.65. The molecule has 1 saturated heterocycles. The third-order valence-electron chi connectivity index (χ3n) is 4.19. The van der Waals surface area contributed by atoms with Gasteiger partial charge in [-0.25, -0.2) is 9.78 Å². The van der Waals surface area contributed by atoms with E-state index in [1.54, 1.807) is 24.5 Å². The number of hydrogen-bond donors (Lipinski definition) is 0. The first kappa shape index (κ1) is 15.2. The second kappa shape index (κ2) is 6.22. The Kier molecular flexibility index (Phi) is 4.31. The lowest BCUT2D eigenvalue weighted by molar-refractivity contribution is 0.0600. The van der Waals surface area contributed by atoms with Gasteiger partial charge in [0.15, 0.2) is 0 Å². The summed E-state index contributed by atoms with van der Waals surface area (Å²) < 4.78 is 11.2. The summed E-state index contributed by atoms with van der Waals surface area (Å²) in [6.45, 7) is 2.20. The quantitative estimate of drug-likeness (QED) is 0.814. The van der Waals surface area contributed by atoms with Gasteiger partial charge in [-0.15, -0.1) is 11.3 Å². The van der Waals surface area contributed by atoms with Gasteiger partial charge in [-0.3, -0.25) is 0 Å². The summed E-state index contributed by atoms with van der Waals surface area (Å²) in [6, 6.07) is 3.55. The number of piperidine rings is 1. The van der Waals surface area contributed by atoms with Crippen LogP contribution in [0.2, 0.25) is 0 Å². The molecule has 1 fully saturated rings. The molecule has 0 bridgehead atoms. The maximum absolute atomic E-state index is 11.8. The first-order chi connectivity index (χ1) is 10.6.